The SMILES string of the molecule is CCCCCCCc1ccc(CCc2ccc(-c3ccc(OCC)cn3)cc2)cc1. The smallest absolute Gasteiger partial charge is 0.137 e. The van der Waals surface area contributed by atoms with Crippen molar-refractivity contribution in [2.24, 2.45) is 0 Å². The van der Waals surface area contributed by atoms with E-state index >= 15 is 0 Å². The second-order valence-corrected chi connectivity index (χ2v) is 7.99. The summed E-state index contributed by atoms with van der Waals surface area (Å²) in [6.45, 7) is 4.92. The first kappa shape index (κ1) is 22.1. The molecule has 0 spiro atoms. The van der Waals surface area contributed by atoms with Gasteiger partial charge in [-0.25, -0.2) is 0 Å². The van der Waals surface area contributed by atoms with E-state index in [0.717, 1.165) is 29.8 Å². The maximum atomic E-state index is 5.47. The molecule has 1 heterocycles. The summed E-state index contributed by atoms with van der Waals surface area (Å²) in [6, 6.07) is 22.0. The van der Waals surface area contributed by atoms with Crippen LogP contribution in [0.2, 0.25) is 0 Å². The Kier molecular flexibility index (Phi) is 8.96. The number of aryl methyl sites for hydroxylation is 3. The molecule has 0 saturated heterocycles. The second-order valence-electron chi connectivity index (χ2n) is 7.99. The van der Waals surface area contributed by atoms with Gasteiger partial charge in [0.2, 0.25) is 0 Å². The van der Waals surface area contributed by atoms with Crippen molar-refractivity contribution in [2.75, 3.05) is 6.61 Å². The standard InChI is InChI=1S/C28H35NO/c1-3-5-6-7-8-9-23-10-12-24(13-11-23)14-15-25-16-18-26(19-17-25)28-21-20-27(22-29-28)30-4-2/h10-13,16-22H,3-9,14-15H2,1-2H3. The van der Waals surface area contributed by atoms with E-state index in [0.29, 0.717) is 6.61 Å². The molecule has 158 valence electrons. The van der Waals surface area contributed by atoms with E-state index in [1.54, 1.807) is 6.20 Å². The summed E-state index contributed by atoms with van der Waals surface area (Å²) < 4.78 is 5.47. The van der Waals surface area contributed by atoms with E-state index in [2.05, 4.69) is 60.4 Å². The molecule has 0 atom stereocenters. The minimum atomic E-state index is 0.664. The molecule has 3 aromatic rings. The molecule has 1 aromatic heterocycles. The van der Waals surface area contributed by atoms with Crippen molar-refractivity contribution >= 4 is 0 Å². The third kappa shape index (κ3) is 7.02. The summed E-state index contributed by atoms with van der Waals surface area (Å²) in [5, 5.41) is 0. The van der Waals surface area contributed by atoms with Crippen molar-refractivity contribution in [1.29, 1.82) is 0 Å². The zero-order valence-corrected chi connectivity index (χ0v) is 18.6. The van der Waals surface area contributed by atoms with Gasteiger partial charge in [-0.2, -0.15) is 0 Å². The summed E-state index contributed by atoms with van der Waals surface area (Å²) in [5.74, 6) is 0.820. The third-order valence-electron chi connectivity index (χ3n) is 5.59. The van der Waals surface area contributed by atoms with Crippen LogP contribution in [0.25, 0.3) is 11.3 Å². The van der Waals surface area contributed by atoms with Crippen LogP contribution in [0.3, 0.4) is 0 Å². The van der Waals surface area contributed by atoms with Crippen LogP contribution in [0.15, 0.2) is 66.9 Å². The number of benzene rings is 2. The zero-order valence-electron chi connectivity index (χ0n) is 18.6. The Morgan fingerprint density at radius 2 is 1.23 bits per heavy atom. The number of aromatic nitrogens is 1. The molecular formula is C28H35NO. The normalized spacial score (nSPS) is 10.9. The Morgan fingerprint density at radius 3 is 1.80 bits per heavy atom. The number of hydrogen-bond acceptors (Lipinski definition) is 2. The van der Waals surface area contributed by atoms with Crippen LogP contribution in [0.4, 0.5) is 0 Å². The quantitative estimate of drug-likeness (QED) is 0.294. The summed E-state index contributed by atoms with van der Waals surface area (Å²) in [4.78, 5) is 4.51. The van der Waals surface area contributed by atoms with Crippen molar-refractivity contribution < 1.29 is 4.74 Å². The highest BCUT2D eigenvalue weighted by molar-refractivity contribution is 5.59. The minimum absolute atomic E-state index is 0.664. The van der Waals surface area contributed by atoms with Crippen LogP contribution >= 0.6 is 0 Å². The zero-order chi connectivity index (χ0) is 21.0. The van der Waals surface area contributed by atoms with Crippen LogP contribution < -0.4 is 4.74 Å². The fourth-order valence-electron chi connectivity index (χ4n) is 3.74. The fraction of sp³-hybridized carbons (Fsp3) is 0.393. The van der Waals surface area contributed by atoms with Crippen LogP contribution in [0.1, 0.15) is 62.6 Å². The Morgan fingerprint density at radius 1 is 0.633 bits per heavy atom. The first-order chi connectivity index (χ1) is 14.8. The maximum absolute atomic E-state index is 5.47. The van der Waals surface area contributed by atoms with Crippen LogP contribution in [0.5, 0.6) is 5.75 Å². The lowest BCUT2D eigenvalue weighted by Gasteiger charge is -2.07. The fourth-order valence-corrected chi connectivity index (χ4v) is 3.74. The molecule has 2 heteroatoms. The van der Waals surface area contributed by atoms with E-state index in [1.807, 2.05) is 19.1 Å². The predicted molar refractivity (Wildman–Crippen MR) is 127 cm³/mol. The highest BCUT2D eigenvalue weighted by Gasteiger charge is 2.02. The first-order valence-electron chi connectivity index (χ1n) is 11.5. The highest BCUT2D eigenvalue weighted by Crippen LogP contribution is 2.21. The molecule has 30 heavy (non-hydrogen) atoms. The number of rotatable bonds is 12. The number of ether oxygens (including phenoxy) is 1. The molecule has 0 unspecified atom stereocenters. The van der Waals surface area contributed by atoms with Gasteiger partial charge < -0.3 is 4.74 Å². The third-order valence-corrected chi connectivity index (χ3v) is 5.59. The van der Waals surface area contributed by atoms with Gasteiger partial charge in [0.15, 0.2) is 0 Å². The Bertz CT molecular complexity index is 851. The summed E-state index contributed by atoms with van der Waals surface area (Å²) in [7, 11) is 0. The van der Waals surface area contributed by atoms with Crippen molar-refractivity contribution in [3.05, 3.63) is 83.6 Å². The number of pyridine rings is 1. The van der Waals surface area contributed by atoms with Crippen molar-refractivity contribution in [3.63, 3.8) is 0 Å². The minimum Gasteiger partial charge on any atom is -0.492 e. The molecule has 0 fully saturated rings. The summed E-state index contributed by atoms with van der Waals surface area (Å²) in [5.41, 5.74) is 6.38. The number of unbranched alkanes of at least 4 members (excludes halogenated alkanes) is 4. The number of nitrogens with zero attached hydrogens (tertiary/aromatic N) is 1. The van der Waals surface area contributed by atoms with Gasteiger partial charge >= 0.3 is 0 Å². The van der Waals surface area contributed by atoms with Crippen LogP contribution in [0, 0.1) is 0 Å². The van der Waals surface area contributed by atoms with Crippen molar-refractivity contribution in [1.82, 2.24) is 4.98 Å². The highest BCUT2D eigenvalue weighted by atomic mass is 16.5. The van der Waals surface area contributed by atoms with Gasteiger partial charge in [0.25, 0.3) is 0 Å². The van der Waals surface area contributed by atoms with Crippen LogP contribution in [-0.4, -0.2) is 11.6 Å². The molecule has 0 aliphatic heterocycles. The Labute approximate surface area is 182 Å². The molecular weight excluding hydrogens is 366 g/mol. The summed E-state index contributed by atoms with van der Waals surface area (Å²) >= 11 is 0. The average molecular weight is 402 g/mol. The van der Waals surface area contributed by atoms with Gasteiger partial charge in [0.1, 0.15) is 5.75 Å². The lowest BCUT2D eigenvalue weighted by atomic mass is 10.00. The molecule has 2 nitrogen and oxygen atoms in total. The van der Waals surface area contributed by atoms with E-state index in [-0.39, 0.29) is 0 Å². The average Bonchev–Trinajstić information content (AvgIpc) is 2.79. The Hall–Kier alpha value is -2.61. The van der Waals surface area contributed by atoms with Gasteiger partial charge in [-0.3, -0.25) is 4.98 Å². The Balaban J connectivity index is 1.46. The largest absolute Gasteiger partial charge is 0.492 e. The predicted octanol–water partition coefficient (Wildman–Crippen LogP) is 7.45. The molecule has 0 amide bonds. The molecule has 0 aliphatic rings. The van der Waals surface area contributed by atoms with Gasteiger partial charge in [0.05, 0.1) is 18.5 Å². The van der Waals surface area contributed by atoms with Crippen molar-refractivity contribution in [2.45, 2.75) is 65.2 Å². The topological polar surface area (TPSA) is 22.1 Å². The monoisotopic (exact) mass is 401 g/mol. The molecule has 0 radical (unpaired) electrons. The second kappa shape index (κ2) is 12.2. The molecule has 0 bridgehead atoms. The van der Waals surface area contributed by atoms with Crippen molar-refractivity contribution in [3.8, 4) is 17.0 Å². The van der Waals surface area contributed by atoms with Gasteiger partial charge in [-0.1, -0.05) is 81.1 Å². The molecule has 0 N–H and O–H groups in total. The molecule has 3 rings (SSSR count). The lowest BCUT2D eigenvalue weighted by Crippen LogP contribution is -1.94. The molecule has 2 aromatic carbocycles. The van der Waals surface area contributed by atoms with E-state index in [9.17, 15) is 0 Å². The molecule has 0 aliphatic carbocycles. The van der Waals surface area contributed by atoms with E-state index < -0.39 is 0 Å². The number of hydrogen-bond donors (Lipinski definition) is 0. The lowest BCUT2D eigenvalue weighted by molar-refractivity contribution is 0.339. The summed E-state index contributed by atoms with van der Waals surface area (Å²) in [6.07, 6.45) is 11.9. The van der Waals surface area contributed by atoms with Gasteiger partial charge in [0, 0.05) is 5.56 Å². The molecule has 0 saturated carbocycles. The van der Waals surface area contributed by atoms with E-state index in [4.69, 9.17) is 4.74 Å². The van der Waals surface area contributed by atoms with E-state index in [1.165, 1.54) is 55.2 Å². The van der Waals surface area contributed by atoms with Crippen LogP contribution in [-0.2, 0) is 19.3 Å². The first-order valence-corrected chi connectivity index (χ1v) is 11.5. The van der Waals surface area contributed by atoms with Gasteiger partial charge in [-0.05, 0) is 61.4 Å². The van der Waals surface area contributed by atoms with Gasteiger partial charge in [-0.15, -0.1) is 0 Å². The maximum Gasteiger partial charge on any atom is 0.137 e.